The van der Waals surface area contributed by atoms with Crippen LogP contribution in [0, 0.1) is 11.7 Å². The quantitative estimate of drug-likeness (QED) is 0.886. The molecule has 1 N–H and O–H groups in total. The van der Waals surface area contributed by atoms with E-state index in [1.165, 1.54) is 43.6 Å². The van der Waals surface area contributed by atoms with Crippen LogP contribution in [0.25, 0.3) is 0 Å². The molecule has 3 rings (SSSR count). The van der Waals surface area contributed by atoms with E-state index in [1.807, 2.05) is 23.9 Å². The Morgan fingerprint density at radius 2 is 2.00 bits per heavy atom. The first-order valence-electron chi connectivity index (χ1n) is 7.45. The van der Waals surface area contributed by atoms with Crippen LogP contribution in [0.5, 0.6) is 0 Å². The molecule has 20 heavy (non-hydrogen) atoms. The molecule has 3 unspecified atom stereocenters. The summed E-state index contributed by atoms with van der Waals surface area (Å²) < 4.78 is 12.9. The van der Waals surface area contributed by atoms with Crippen molar-refractivity contribution in [2.75, 3.05) is 5.75 Å². The molecule has 3 atom stereocenters. The lowest BCUT2D eigenvalue weighted by Gasteiger charge is -2.33. The van der Waals surface area contributed by atoms with Crippen molar-refractivity contribution in [3.63, 3.8) is 0 Å². The molecule has 2 aliphatic rings. The third-order valence-corrected chi connectivity index (χ3v) is 5.39. The second-order valence-corrected chi connectivity index (χ2v) is 6.78. The van der Waals surface area contributed by atoms with E-state index in [0.717, 1.165) is 16.6 Å². The van der Waals surface area contributed by atoms with Crippen LogP contribution in [-0.2, 0) is 0 Å². The molecule has 0 amide bonds. The second kappa shape index (κ2) is 6.17. The van der Waals surface area contributed by atoms with E-state index >= 15 is 0 Å². The van der Waals surface area contributed by atoms with E-state index in [0.29, 0.717) is 6.04 Å². The number of thioether (sulfide) groups is 1. The molecule has 0 bridgehead atoms. The zero-order valence-corrected chi connectivity index (χ0v) is 12.6. The average Bonchev–Trinajstić information content (AvgIpc) is 2.48. The summed E-state index contributed by atoms with van der Waals surface area (Å²) in [7, 11) is 0. The fourth-order valence-corrected chi connectivity index (χ4v) is 4.26. The maximum atomic E-state index is 12.9. The van der Waals surface area contributed by atoms with Gasteiger partial charge in [0.15, 0.2) is 5.17 Å². The van der Waals surface area contributed by atoms with Gasteiger partial charge in [0.25, 0.3) is 0 Å². The highest BCUT2D eigenvalue weighted by molar-refractivity contribution is 8.13. The first kappa shape index (κ1) is 13.9. The van der Waals surface area contributed by atoms with Gasteiger partial charge in [-0.1, -0.05) is 36.7 Å². The van der Waals surface area contributed by atoms with Crippen LogP contribution in [0.2, 0.25) is 0 Å². The second-order valence-electron chi connectivity index (χ2n) is 5.77. The van der Waals surface area contributed by atoms with Gasteiger partial charge in [0, 0.05) is 5.75 Å². The first-order chi connectivity index (χ1) is 9.72. The Balaban J connectivity index is 1.65. The Morgan fingerprint density at radius 3 is 2.80 bits per heavy atom. The summed E-state index contributed by atoms with van der Waals surface area (Å²) in [6.45, 7) is 2.10. The summed E-state index contributed by atoms with van der Waals surface area (Å²) in [4.78, 5) is 4.88. The number of halogens is 1. The summed E-state index contributed by atoms with van der Waals surface area (Å²) >= 11 is 1.84. The smallest absolute Gasteiger partial charge is 0.157 e. The topological polar surface area (TPSA) is 24.4 Å². The van der Waals surface area contributed by atoms with Crippen molar-refractivity contribution in [2.45, 2.75) is 44.7 Å². The number of benzene rings is 1. The van der Waals surface area contributed by atoms with Gasteiger partial charge >= 0.3 is 0 Å². The van der Waals surface area contributed by atoms with E-state index in [4.69, 9.17) is 4.99 Å². The molecule has 1 aromatic carbocycles. The molecule has 1 aliphatic carbocycles. The maximum Gasteiger partial charge on any atom is 0.157 e. The fraction of sp³-hybridized carbons (Fsp3) is 0.562. The number of nitrogens with one attached hydrogen (secondary N) is 1. The van der Waals surface area contributed by atoms with Crippen molar-refractivity contribution in [2.24, 2.45) is 10.9 Å². The van der Waals surface area contributed by atoms with E-state index in [2.05, 4.69) is 12.2 Å². The third kappa shape index (κ3) is 3.17. The lowest BCUT2D eigenvalue weighted by Crippen LogP contribution is -2.35. The maximum absolute atomic E-state index is 12.9. The van der Waals surface area contributed by atoms with Crippen molar-refractivity contribution >= 4 is 16.9 Å². The summed E-state index contributed by atoms with van der Waals surface area (Å²) in [5.41, 5.74) is 1.10. The van der Waals surface area contributed by atoms with Gasteiger partial charge < -0.3 is 5.32 Å². The van der Waals surface area contributed by atoms with Crippen LogP contribution in [0.15, 0.2) is 29.3 Å². The molecule has 0 saturated heterocycles. The van der Waals surface area contributed by atoms with Gasteiger partial charge in [0.05, 0.1) is 12.1 Å². The van der Waals surface area contributed by atoms with Crippen molar-refractivity contribution in [1.82, 2.24) is 5.32 Å². The Labute approximate surface area is 124 Å². The van der Waals surface area contributed by atoms with Crippen LogP contribution in [0.1, 0.15) is 44.2 Å². The van der Waals surface area contributed by atoms with Crippen LogP contribution < -0.4 is 5.32 Å². The molecule has 0 aromatic heterocycles. The predicted molar refractivity (Wildman–Crippen MR) is 83.6 cm³/mol. The normalized spacial score (nSPS) is 27.4. The average molecular weight is 292 g/mol. The number of amidine groups is 1. The van der Waals surface area contributed by atoms with Gasteiger partial charge in [-0.2, -0.15) is 0 Å². The zero-order valence-electron chi connectivity index (χ0n) is 11.8. The van der Waals surface area contributed by atoms with Crippen molar-refractivity contribution in [1.29, 1.82) is 0 Å². The highest BCUT2D eigenvalue weighted by Crippen LogP contribution is 2.34. The summed E-state index contributed by atoms with van der Waals surface area (Å²) in [6, 6.07) is 7.39. The fourth-order valence-electron chi connectivity index (χ4n) is 3.03. The summed E-state index contributed by atoms with van der Waals surface area (Å²) in [6.07, 6.45) is 5.26. The number of rotatable bonds is 2. The monoisotopic (exact) mass is 292 g/mol. The minimum atomic E-state index is -0.185. The summed E-state index contributed by atoms with van der Waals surface area (Å²) in [5, 5.41) is 4.54. The minimum absolute atomic E-state index is 0.169. The molecule has 0 radical (unpaired) electrons. The van der Waals surface area contributed by atoms with E-state index < -0.39 is 0 Å². The Bertz CT molecular complexity index is 486. The number of hydrogen-bond acceptors (Lipinski definition) is 3. The molecule has 1 heterocycles. The van der Waals surface area contributed by atoms with Crippen LogP contribution in [0.4, 0.5) is 4.39 Å². The van der Waals surface area contributed by atoms with Gasteiger partial charge in [-0.05, 0) is 43.4 Å². The highest BCUT2D eigenvalue weighted by Gasteiger charge is 2.29. The summed E-state index contributed by atoms with van der Waals surface area (Å²) in [5.74, 6) is 1.78. The lowest BCUT2D eigenvalue weighted by atomic mass is 9.86. The van der Waals surface area contributed by atoms with Crippen molar-refractivity contribution in [3.05, 3.63) is 35.6 Å². The van der Waals surface area contributed by atoms with Gasteiger partial charge in [0.1, 0.15) is 5.82 Å². The molecule has 1 saturated carbocycles. The minimum Gasteiger partial charge on any atom is -0.358 e. The van der Waals surface area contributed by atoms with Crippen LogP contribution in [0.3, 0.4) is 0 Å². The molecular weight excluding hydrogens is 271 g/mol. The molecule has 108 valence electrons. The number of hydrogen-bond donors (Lipinski definition) is 1. The van der Waals surface area contributed by atoms with Gasteiger partial charge in [-0.25, -0.2) is 4.39 Å². The first-order valence-corrected chi connectivity index (χ1v) is 8.43. The number of nitrogens with zero attached hydrogens (tertiary/aromatic N) is 1. The third-order valence-electron chi connectivity index (χ3n) is 4.30. The van der Waals surface area contributed by atoms with Gasteiger partial charge in [0.2, 0.25) is 0 Å². The molecule has 4 heteroatoms. The SMILES string of the molecule is CC(NC1=NC2CCCCC2CS1)c1ccc(F)cc1. The predicted octanol–water partition coefficient (Wildman–Crippen LogP) is 4.14. The lowest BCUT2D eigenvalue weighted by molar-refractivity contribution is 0.335. The van der Waals surface area contributed by atoms with Gasteiger partial charge in [-0.3, -0.25) is 4.99 Å². The van der Waals surface area contributed by atoms with Crippen molar-refractivity contribution < 1.29 is 4.39 Å². The Hall–Kier alpha value is -1.03. The molecule has 1 fully saturated rings. The largest absolute Gasteiger partial charge is 0.358 e. The van der Waals surface area contributed by atoms with Crippen LogP contribution in [-0.4, -0.2) is 17.0 Å². The van der Waals surface area contributed by atoms with Crippen molar-refractivity contribution in [3.8, 4) is 0 Å². The molecule has 0 spiro atoms. The van der Waals surface area contributed by atoms with E-state index in [9.17, 15) is 4.39 Å². The van der Waals surface area contributed by atoms with Gasteiger partial charge in [-0.15, -0.1) is 0 Å². The van der Waals surface area contributed by atoms with E-state index in [1.54, 1.807) is 0 Å². The number of aliphatic imine (C=N–C) groups is 1. The zero-order chi connectivity index (χ0) is 13.9. The van der Waals surface area contributed by atoms with E-state index in [-0.39, 0.29) is 11.9 Å². The Morgan fingerprint density at radius 1 is 1.25 bits per heavy atom. The van der Waals surface area contributed by atoms with Crippen LogP contribution >= 0.6 is 11.8 Å². The molecular formula is C16H21FN2S. The molecule has 2 nitrogen and oxygen atoms in total. The Kier molecular flexibility index (Phi) is 4.29. The molecule has 1 aliphatic heterocycles. The number of fused-ring (bicyclic) bond motifs is 1. The standard InChI is InChI=1S/C16H21FN2S/c1-11(12-6-8-14(17)9-7-12)18-16-19-15-5-3-2-4-13(15)10-20-16/h6-9,11,13,15H,2-5,10H2,1H3,(H,18,19). The highest BCUT2D eigenvalue weighted by atomic mass is 32.2. The molecule has 1 aromatic rings.